The van der Waals surface area contributed by atoms with E-state index in [-0.39, 0.29) is 12.5 Å². The average molecular weight is 420 g/mol. The van der Waals surface area contributed by atoms with Gasteiger partial charge in [0.15, 0.2) is 0 Å². The number of carbonyl (C=O) groups excluding carboxylic acids is 1. The molecule has 1 N–H and O–H groups in total. The summed E-state index contributed by atoms with van der Waals surface area (Å²) < 4.78 is 1.85. The monoisotopic (exact) mass is 418 g/mol. The third-order valence-electron chi connectivity index (χ3n) is 3.30. The van der Waals surface area contributed by atoms with E-state index in [0.29, 0.717) is 16.4 Å². The number of anilines is 1. The molecule has 0 spiro atoms. The first-order valence-corrected chi connectivity index (χ1v) is 8.44. The van der Waals surface area contributed by atoms with Gasteiger partial charge >= 0.3 is 5.69 Å². The highest BCUT2D eigenvalue weighted by molar-refractivity contribution is 9.10. The molecule has 0 aliphatic carbocycles. The molecule has 0 fully saturated rings. The first-order valence-electron chi connectivity index (χ1n) is 7.27. The van der Waals surface area contributed by atoms with Gasteiger partial charge in [0.25, 0.3) is 0 Å². The number of nitrogens with zero attached hydrogens (tertiary/aromatic N) is 3. The molecule has 0 unspecified atom stereocenters. The number of amides is 1. The Morgan fingerprint density at radius 3 is 2.64 bits per heavy atom. The molecule has 0 saturated heterocycles. The highest BCUT2D eigenvalue weighted by Gasteiger charge is 2.09. The second kappa shape index (κ2) is 7.58. The summed E-state index contributed by atoms with van der Waals surface area (Å²) in [5.74, 6) is -0.367. The van der Waals surface area contributed by atoms with Crippen LogP contribution in [0.4, 0.5) is 5.69 Å². The number of benzene rings is 2. The van der Waals surface area contributed by atoms with E-state index >= 15 is 0 Å². The van der Waals surface area contributed by atoms with E-state index in [1.165, 1.54) is 6.20 Å². The second-order valence-electron chi connectivity index (χ2n) is 5.15. The Bertz CT molecular complexity index is 973. The van der Waals surface area contributed by atoms with Gasteiger partial charge in [-0.05, 0) is 30.3 Å². The Hall–Kier alpha value is -2.51. The lowest BCUT2D eigenvalue weighted by molar-refractivity contribution is -0.117. The predicted octanol–water partition coefficient (Wildman–Crippen LogP) is 3.36. The topological polar surface area (TPSA) is 76.9 Å². The van der Waals surface area contributed by atoms with E-state index in [9.17, 15) is 9.59 Å². The molecule has 0 bridgehead atoms. The Morgan fingerprint density at radius 2 is 1.96 bits per heavy atom. The molecular weight excluding hydrogens is 408 g/mol. The fraction of sp³-hybridized carbons (Fsp3) is 0.0588. The first kappa shape index (κ1) is 17.3. The lowest BCUT2D eigenvalue weighted by Crippen LogP contribution is -2.31. The van der Waals surface area contributed by atoms with Crippen molar-refractivity contribution >= 4 is 39.1 Å². The minimum Gasteiger partial charge on any atom is -0.324 e. The van der Waals surface area contributed by atoms with Crippen LogP contribution in [-0.2, 0) is 11.3 Å². The minimum absolute atomic E-state index is 0.223. The van der Waals surface area contributed by atoms with Crippen LogP contribution in [0.1, 0.15) is 0 Å². The predicted molar refractivity (Wildman–Crippen MR) is 99.5 cm³/mol. The maximum atomic E-state index is 12.1. The Labute approximate surface area is 156 Å². The van der Waals surface area contributed by atoms with Gasteiger partial charge in [-0.15, -0.1) is 0 Å². The average Bonchev–Trinajstić information content (AvgIpc) is 2.57. The lowest BCUT2D eigenvalue weighted by Gasteiger charge is -2.07. The van der Waals surface area contributed by atoms with Gasteiger partial charge in [0.2, 0.25) is 5.91 Å². The summed E-state index contributed by atoms with van der Waals surface area (Å²) in [6.45, 7) is -0.223. The van der Waals surface area contributed by atoms with Crippen molar-refractivity contribution in [3.63, 3.8) is 0 Å². The Morgan fingerprint density at radius 1 is 1.20 bits per heavy atom. The molecule has 25 heavy (non-hydrogen) atoms. The minimum atomic E-state index is -0.600. The molecule has 126 valence electrons. The summed E-state index contributed by atoms with van der Waals surface area (Å²) in [4.78, 5) is 28.1. The fourth-order valence-electron chi connectivity index (χ4n) is 2.13. The van der Waals surface area contributed by atoms with E-state index in [1.807, 2.05) is 6.07 Å². The number of aromatic nitrogens is 3. The van der Waals surface area contributed by atoms with Crippen LogP contribution in [-0.4, -0.2) is 20.7 Å². The van der Waals surface area contributed by atoms with Crippen molar-refractivity contribution in [1.82, 2.24) is 14.8 Å². The molecule has 0 aliphatic heterocycles. The fourth-order valence-corrected chi connectivity index (χ4v) is 2.66. The van der Waals surface area contributed by atoms with Gasteiger partial charge in [-0.3, -0.25) is 4.79 Å². The van der Waals surface area contributed by atoms with Crippen molar-refractivity contribution in [2.45, 2.75) is 6.54 Å². The molecule has 2 aromatic carbocycles. The summed E-state index contributed by atoms with van der Waals surface area (Å²) >= 11 is 9.17. The largest absolute Gasteiger partial charge is 0.365 e. The van der Waals surface area contributed by atoms with Crippen LogP contribution in [0.5, 0.6) is 0 Å². The summed E-state index contributed by atoms with van der Waals surface area (Å²) in [5.41, 5.74) is 1.17. The van der Waals surface area contributed by atoms with Gasteiger partial charge in [-0.1, -0.05) is 45.7 Å². The second-order valence-corrected chi connectivity index (χ2v) is 6.50. The summed E-state index contributed by atoms with van der Waals surface area (Å²) in [6.07, 6.45) is 1.44. The summed E-state index contributed by atoms with van der Waals surface area (Å²) in [7, 11) is 0. The van der Waals surface area contributed by atoms with Crippen LogP contribution in [0.15, 0.2) is 64.0 Å². The van der Waals surface area contributed by atoms with Crippen molar-refractivity contribution in [3.8, 4) is 11.3 Å². The number of hydrogen-bond acceptors (Lipinski definition) is 4. The van der Waals surface area contributed by atoms with Crippen LogP contribution in [0, 0.1) is 0 Å². The van der Waals surface area contributed by atoms with Crippen molar-refractivity contribution in [1.29, 1.82) is 0 Å². The highest BCUT2D eigenvalue weighted by atomic mass is 79.9. The number of hydrogen-bond donors (Lipinski definition) is 1. The van der Waals surface area contributed by atoms with Crippen LogP contribution >= 0.6 is 27.5 Å². The van der Waals surface area contributed by atoms with Gasteiger partial charge in [0.05, 0.1) is 11.9 Å². The standard InChI is InChI=1S/C17H12BrClN4O2/c18-12-2-1-3-14(8-12)21-16(24)10-23-17(25)22-15(9-20-23)11-4-6-13(19)7-5-11/h1-9H,10H2,(H,21,24). The number of rotatable bonds is 4. The van der Waals surface area contributed by atoms with Crippen molar-refractivity contribution in [2.24, 2.45) is 0 Å². The number of nitrogens with one attached hydrogen (secondary N) is 1. The van der Waals surface area contributed by atoms with E-state index in [1.54, 1.807) is 42.5 Å². The smallest absolute Gasteiger partial charge is 0.324 e. The van der Waals surface area contributed by atoms with Crippen LogP contribution in [0.2, 0.25) is 5.02 Å². The van der Waals surface area contributed by atoms with Gasteiger partial charge in [-0.25, -0.2) is 9.48 Å². The van der Waals surface area contributed by atoms with Crippen molar-refractivity contribution in [2.75, 3.05) is 5.32 Å². The first-order chi connectivity index (χ1) is 12.0. The molecule has 3 aromatic rings. The lowest BCUT2D eigenvalue weighted by atomic mass is 10.2. The van der Waals surface area contributed by atoms with Crippen molar-refractivity contribution in [3.05, 3.63) is 74.7 Å². The molecule has 1 heterocycles. The van der Waals surface area contributed by atoms with Gasteiger partial charge in [0.1, 0.15) is 6.54 Å². The van der Waals surface area contributed by atoms with Gasteiger partial charge in [0, 0.05) is 20.7 Å². The molecule has 3 rings (SSSR count). The number of halogens is 2. The molecule has 0 aliphatic rings. The zero-order chi connectivity index (χ0) is 17.8. The van der Waals surface area contributed by atoms with E-state index in [0.717, 1.165) is 14.7 Å². The third kappa shape index (κ3) is 4.52. The molecule has 6 nitrogen and oxygen atoms in total. The molecule has 8 heteroatoms. The maximum absolute atomic E-state index is 12.1. The Kier molecular flexibility index (Phi) is 5.25. The van der Waals surface area contributed by atoms with Crippen molar-refractivity contribution < 1.29 is 4.79 Å². The van der Waals surface area contributed by atoms with E-state index in [2.05, 4.69) is 31.3 Å². The number of carbonyl (C=O) groups is 1. The molecule has 1 amide bonds. The Balaban J connectivity index is 1.74. The third-order valence-corrected chi connectivity index (χ3v) is 4.04. The van der Waals surface area contributed by atoms with Crippen LogP contribution in [0.25, 0.3) is 11.3 Å². The van der Waals surface area contributed by atoms with Crippen LogP contribution in [0.3, 0.4) is 0 Å². The molecule has 1 aromatic heterocycles. The van der Waals surface area contributed by atoms with Crippen LogP contribution < -0.4 is 11.0 Å². The van der Waals surface area contributed by atoms with E-state index < -0.39 is 5.69 Å². The SMILES string of the molecule is O=C(Cn1ncc(-c2ccc(Cl)cc2)nc1=O)Nc1cccc(Br)c1. The zero-order valence-corrected chi connectivity index (χ0v) is 15.2. The zero-order valence-electron chi connectivity index (χ0n) is 12.8. The van der Waals surface area contributed by atoms with Gasteiger partial charge < -0.3 is 5.32 Å². The molecule has 0 atom stereocenters. The molecule has 0 saturated carbocycles. The maximum Gasteiger partial charge on any atom is 0.365 e. The highest BCUT2D eigenvalue weighted by Crippen LogP contribution is 2.18. The summed E-state index contributed by atoms with van der Waals surface area (Å²) in [5, 5.41) is 7.31. The summed E-state index contributed by atoms with van der Waals surface area (Å²) in [6, 6.07) is 14.1. The van der Waals surface area contributed by atoms with Gasteiger partial charge in [-0.2, -0.15) is 10.1 Å². The molecular formula is C17H12BrClN4O2. The molecule has 0 radical (unpaired) electrons. The quantitative estimate of drug-likeness (QED) is 0.703. The van der Waals surface area contributed by atoms with E-state index in [4.69, 9.17) is 11.6 Å². The normalized spacial score (nSPS) is 10.5.